The van der Waals surface area contributed by atoms with Gasteiger partial charge in [0.15, 0.2) is 4.67 Å². The van der Waals surface area contributed by atoms with Gasteiger partial charge < -0.3 is 14.3 Å². The molecule has 1 aromatic rings. The number of halogens is 1. The molecule has 9 heteroatoms. The van der Waals surface area contributed by atoms with Crippen LogP contribution in [-0.4, -0.2) is 50.1 Å². The first-order chi connectivity index (χ1) is 8.84. The van der Waals surface area contributed by atoms with Crippen LogP contribution in [0.4, 0.5) is 0 Å². The molecule has 1 fully saturated rings. The summed E-state index contributed by atoms with van der Waals surface area (Å²) in [6.45, 7) is 0.842. The van der Waals surface area contributed by atoms with Gasteiger partial charge in [0.25, 0.3) is 0 Å². The molecule has 1 N–H and O–H groups in total. The Morgan fingerprint density at radius 3 is 2.74 bits per heavy atom. The van der Waals surface area contributed by atoms with Crippen molar-refractivity contribution in [3.05, 3.63) is 16.5 Å². The Hall–Kier alpha value is -0.900. The highest BCUT2D eigenvalue weighted by atomic mass is 79.9. The van der Waals surface area contributed by atoms with E-state index >= 15 is 0 Å². The normalized spacial score (nSPS) is 20.1. The lowest BCUT2D eigenvalue weighted by molar-refractivity contribution is 0.0661. The van der Waals surface area contributed by atoms with Crippen LogP contribution in [0.3, 0.4) is 0 Å². The molecule has 19 heavy (non-hydrogen) atoms. The van der Waals surface area contributed by atoms with E-state index < -0.39 is 21.8 Å². The fourth-order valence-corrected chi connectivity index (χ4v) is 4.07. The van der Waals surface area contributed by atoms with Gasteiger partial charge in [-0.05, 0) is 22.4 Å². The summed E-state index contributed by atoms with van der Waals surface area (Å²) in [4.78, 5) is 10.6. The van der Waals surface area contributed by atoms with Crippen molar-refractivity contribution in [1.82, 2.24) is 4.31 Å². The van der Waals surface area contributed by atoms with Crippen LogP contribution in [0.1, 0.15) is 17.0 Å². The number of rotatable bonds is 4. The molecule has 1 saturated heterocycles. The number of furan rings is 1. The van der Waals surface area contributed by atoms with Gasteiger partial charge in [0.1, 0.15) is 4.90 Å². The number of carboxylic acid groups (broad SMARTS) is 1. The Morgan fingerprint density at radius 1 is 1.58 bits per heavy atom. The van der Waals surface area contributed by atoms with Crippen molar-refractivity contribution >= 4 is 31.9 Å². The van der Waals surface area contributed by atoms with Crippen molar-refractivity contribution in [2.75, 3.05) is 20.3 Å². The molecule has 7 nitrogen and oxygen atoms in total. The molecule has 2 heterocycles. The second-order valence-corrected chi connectivity index (χ2v) is 6.78. The summed E-state index contributed by atoms with van der Waals surface area (Å²) in [5, 5.41) is 8.80. The van der Waals surface area contributed by atoms with Crippen LogP contribution in [0.25, 0.3) is 0 Å². The van der Waals surface area contributed by atoms with Gasteiger partial charge in [0.05, 0.1) is 12.6 Å². The Balaban J connectivity index is 2.35. The van der Waals surface area contributed by atoms with Crippen molar-refractivity contribution in [1.29, 1.82) is 0 Å². The molecule has 1 aromatic heterocycles. The molecule has 106 valence electrons. The predicted molar refractivity (Wildman–Crippen MR) is 67.5 cm³/mol. The molecule has 1 atom stereocenters. The summed E-state index contributed by atoms with van der Waals surface area (Å²) in [6, 6.07) is 0.744. The lowest BCUT2D eigenvalue weighted by Gasteiger charge is -2.21. The van der Waals surface area contributed by atoms with Crippen LogP contribution in [0.5, 0.6) is 0 Å². The molecule has 0 saturated carbocycles. The number of hydrogen-bond acceptors (Lipinski definition) is 5. The highest BCUT2D eigenvalue weighted by Crippen LogP contribution is 2.30. The van der Waals surface area contributed by atoms with Gasteiger partial charge in [0, 0.05) is 19.7 Å². The number of likely N-dealkylation sites (N-methyl/N-ethyl adjacent to an activating group) is 1. The lowest BCUT2D eigenvalue weighted by Crippen LogP contribution is -2.37. The summed E-state index contributed by atoms with van der Waals surface area (Å²) in [5.74, 6) is -1.75. The van der Waals surface area contributed by atoms with E-state index in [4.69, 9.17) is 14.3 Å². The van der Waals surface area contributed by atoms with E-state index in [2.05, 4.69) is 15.9 Å². The van der Waals surface area contributed by atoms with E-state index in [-0.39, 0.29) is 15.6 Å². The van der Waals surface area contributed by atoms with Gasteiger partial charge in [-0.25, -0.2) is 13.2 Å². The highest BCUT2D eigenvalue weighted by Gasteiger charge is 2.34. The summed E-state index contributed by atoms with van der Waals surface area (Å²) in [5.41, 5.74) is 0. The zero-order chi connectivity index (χ0) is 14.2. The van der Waals surface area contributed by atoms with Crippen molar-refractivity contribution < 1.29 is 27.5 Å². The highest BCUT2D eigenvalue weighted by molar-refractivity contribution is 9.10. The van der Waals surface area contributed by atoms with Crippen LogP contribution in [0.15, 0.2) is 20.0 Å². The zero-order valence-corrected chi connectivity index (χ0v) is 12.4. The number of sulfonamides is 1. The topological polar surface area (TPSA) is 97.0 Å². The average molecular weight is 354 g/mol. The third-order valence-corrected chi connectivity index (χ3v) is 5.71. The van der Waals surface area contributed by atoms with Crippen LogP contribution < -0.4 is 0 Å². The molecule has 1 aliphatic heterocycles. The molecule has 0 spiro atoms. The van der Waals surface area contributed by atoms with Gasteiger partial charge in [0.2, 0.25) is 15.8 Å². The van der Waals surface area contributed by atoms with Crippen LogP contribution >= 0.6 is 15.9 Å². The molecule has 0 amide bonds. The average Bonchev–Trinajstić information content (AvgIpc) is 2.96. The van der Waals surface area contributed by atoms with E-state index in [1.807, 2.05) is 0 Å². The number of nitrogens with zero attached hydrogens (tertiary/aromatic N) is 1. The molecule has 2 rings (SSSR count). The van der Waals surface area contributed by atoms with Gasteiger partial charge in [-0.15, -0.1) is 0 Å². The Labute approximate surface area is 118 Å². The van der Waals surface area contributed by atoms with E-state index in [9.17, 15) is 13.2 Å². The largest absolute Gasteiger partial charge is 0.475 e. The SMILES string of the molecule is CN(C1CCOC1)S(=O)(=O)c1cc(C(=O)O)oc1Br. The smallest absolute Gasteiger partial charge is 0.371 e. The molecule has 1 unspecified atom stereocenters. The number of carbonyl (C=O) groups is 1. The molecule has 1 aliphatic rings. The van der Waals surface area contributed by atoms with E-state index in [0.29, 0.717) is 19.6 Å². The minimum Gasteiger partial charge on any atom is -0.475 e. The van der Waals surface area contributed by atoms with Crippen molar-refractivity contribution in [3.63, 3.8) is 0 Å². The quantitative estimate of drug-likeness (QED) is 0.871. The number of carboxylic acids is 1. The van der Waals surface area contributed by atoms with Gasteiger partial charge in [-0.1, -0.05) is 0 Å². The Bertz CT molecular complexity index is 589. The summed E-state index contributed by atoms with van der Waals surface area (Å²) in [7, 11) is -2.38. The van der Waals surface area contributed by atoms with Crippen LogP contribution in [-0.2, 0) is 14.8 Å². The van der Waals surface area contributed by atoms with E-state index in [1.54, 1.807) is 0 Å². The maximum absolute atomic E-state index is 12.4. The van der Waals surface area contributed by atoms with Crippen LogP contribution in [0.2, 0.25) is 0 Å². The third kappa shape index (κ3) is 2.69. The van der Waals surface area contributed by atoms with Crippen LogP contribution in [0, 0.1) is 0 Å². The first-order valence-corrected chi connectivity index (χ1v) is 7.65. The summed E-state index contributed by atoms with van der Waals surface area (Å²) >= 11 is 2.93. The van der Waals surface area contributed by atoms with Gasteiger partial charge >= 0.3 is 5.97 Å². The lowest BCUT2D eigenvalue weighted by atomic mass is 10.3. The second-order valence-electron chi connectivity index (χ2n) is 4.09. The Morgan fingerprint density at radius 2 is 2.26 bits per heavy atom. The van der Waals surface area contributed by atoms with E-state index in [0.717, 1.165) is 6.07 Å². The first kappa shape index (κ1) is 14.5. The molecular weight excluding hydrogens is 342 g/mol. The fourth-order valence-electron chi connectivity index (χ4n) is 1.79. The number of ether oxygens (including phenoxy) is 1. The van der Waals surface area contributed by atoms with Gasteiger partial charge in [-0.3, -0.25) is 0 Å². The number of aromatic carboxylic acids is 1. The maximum Gasteiger partial charge on any atom is 0.371 e. The molecular formula is C10H12BrNO6S. The molecule has 0 aromatic carbocycles. The first-order valence-electron chi connectivity index (χ1n) is 5.42. The predicted octanol–water partition coefficient (Wildman–Crippen LogP) is 1.15. The van der Waals surface area contributed by atoms with Crippen molar-refractivity contribution in [2.45, 2.75) is 17.4 Å². The van der Waals surface area contributed by atoms with Crippen molar-refractivity contribution in [2.24, 2.45) is 0 Å². The molecule has 0 aliphatic carbocycles. The zero-order valence-electron chi connectivity index (χ0n) is 10.00. The standard InChI is InChI=1S/C10H12BrNO6S/c1-12(6-2-3-17-5-6)19(15,16)8-4-7(10(13)14)18-9(8)11/h4,6H,2-3,5H2,1H3,(H,13,14). The Kier molecular flexibility index (Phi) is 4.00. The minimum atomic E-state index is -3.82. The summed E-state index contributed by atoms with van der Waals surface area (Å²) < 4.78 is 35.8. The fraction of sp³-hybridized carbons (Fsp3) is 0.500. The summed E-state index contributed by atoms with van der Waals surface area (Å²) in [6.07, 6.45) is 0.608. The van der Waals surface area contributed by atoms with Crippen molar-refractivity contribution in [3.8, 4) is 0 Å². The molecule has 0 bridgehead atoms. The second kappa shape index (κ2) is 5.23. The van der Waals surface area contributed by atoms with E-state index in [1.165, 1.54) is 11.4 Å². The maximum atomic E-state index is 12.4. The number of hydrogen-bond donors (Lipinski definition) is 1. The monoisotopic (exact) mass is 353 g/mol. The third-order valence-electron chi connectivity index (χ3n) is 2.94. The van der Waals surface area contributed by atoms with Gasteiger partial charge in [-0.2, -0.15) is 4.31 Å². The molecule has 0 radical (unpaired) electrons. The minimum absolute atomic E-state index is 0.115.